The second-order valence-corrected chi connectivity index (χ2v) is 9.79. The molecule has 1 fully saturated rings. The van der Waals surface area contributed by atoms with Crippen LogP contribution in [0.3, 0.4) is 0 Å². The Morgan fingerprint density at radius 1 is 1.03 bits per heavy atom. The maximum atomic E-state index is 6.54. The van der Waals surface area contributed by atoms with Crippen LogP contribution in [0, 0.1) is 13.8 Å². The number of hydrogen-bond donors (Lipinski definition) is 1. The lowest BCUT2D eigenvalue weighted by atomic mass is 9.96. The zero-order valence-corrected chi connectivity index (χ0v) is 22.4. The van der Waals surface area contributed by atoms with Gasteiger partial charge in [0.05, 0.1) is 29.9 Å². The van der Waals surface area contributed by atoms with E-state index in [0.717, 1.165) is 29.2 Å². The fourth-order valence-corrected chi connectivity index (χ4v) is 5.72. The van der Waals surface area contributed by atoms with E-state index >= 15 is 0 Å². The normalized spacial score (nSPS) is 17.4. The van der Waals surface area contributed by atoms with E-state index in [9.17, 15) is 0 Å². The van der Waals surface area contributed by atoms with Crippen LogP contribution in [0.15, 0.2) is 72.9 Å². The van der Waals surface area contributed by atoms with Crippen molar-refractivity contribution in [2.75, 3.05) is 12.0 Å². The van der Waals surface area contributed by atoms with Crippen molar-refractivity contribution >= 4 is 34.6 Å². The molecule has 5 rings (SSSR count). The predicted molar refractivity (Wildman–Crippen MR) is 151 cm³/mol. The summed E-state index contributed by atoms with van der Waals surface area (Å²) < 4.78 is 7.69. The molecule has 0 aliphatic carbocycles. The SMILES string of the molecule is CCc1ccc(-n2c(C)cc([C@H]3[C@H](c4ccccn4)NC(=S)N3c3ccc(OC)c(Cl)c3)c2C)cc1. The zero-order chi connectivity index (χ0) is 25.4. The first-order valence-corrected chi connectivity index (χ1v) is 12.8. The van der Waals surface area contributed by atoms with Crippen molar-refractivity contribution in [3.05, 3.63) is 106 Å². The lowest BCUT2D eigenvalue weighted by Crippen LogP contribution is -2.29. The summed E-state index contributed by atoms with van der Waals surface area (Å²) in [5.74, 6) is 0.630. The fourth-order valence-electron chi connectivity index (χ4n) is 5.12. The molecule has 1 aliphatic heterocycles. The first-order chi connectivity index (χ1) is 17.4. The van der Waals surface area contributed by atoms with Gasteiger partial charge in [-0.25, -0.2) is 0 Å². The number of anilines is 1. The van der Waals surface area contributed by atoms with Crippen molar-refractivity contribution in [3.63, 3.8) is 0 Å². The second-order valence-electron chi connectivity index (χ2n) is 9.00. The number of halogens is 1. The molecule has 2 atom stereocenters. The van der Waals surface area contributed by atoms with Crippen molar-refractivity contribution in [1.82, 2.24) is 14.9 Å². The van der Waals surface area contributed by atoms with E-state index in [1.165, 1.54) is 16.8 Å². The maximum absolute atomic E-state index is 6.54. The summed E-state index contributed by atoms with van der Waals surface area (Å²) in [5, 5.41) is 4.71. The molecule has 2 aromatic heterocycles. The largest absolute Gasteiger partial charge is 0.495 e. The van der Waals surface area contributed by atoms with Crippen LogP contribution in [0.1, 0.15) is 47.2 Å². The van der Waals surface area contributed by atoms with E-state index in [2.05, 4.69) is 70.9 Å². The highest BCUT2D eigenvalue weighted by molar-refractivity contribution is 7.80. The molecular formula is C29H29ClN4OS. The van der Waals surface area contributed by atoms with Crippen LogP contribution in [0.4, 0.5) is 5.69 Å². The van der Waals surface area contributed by atoms with E-state index in [4.69, 9.17) is 28.6 Å². The summed E-state index contributed by atoms with van der Waals surface area (Å²) >= 11 is 12.4. The zero-order valence-electron chi connectivity index (χ0n) is 20.8. The average Bonchev–Trinajstić information content (AvgIpc) is 3.39. The summed E-state index contributed by atoms with van der Waals surface area (Å²) in [4.78, 5) is 6.82. The molecule has 0 radical (unpaired) electrons. The quantitative estimate of drug-likeness (QED) is 0.283. The summed E-state index contributed by atoms with van der Waals surface area (Å²) in [5.41, 5.74) is 7.82. The molecule has 36 heavy (non-hydrogen) atoms. The number of aryl methyl sites for hydroxylation is 2. The topological polar surface area (TPSA) is 42.3 Å². The molecule has 0 amide bonds. The second kappa shape index (κ2) is 9.96. The minimum Gasteiger partial charge on any atom is -0.495 e. The highest BCUT2D eigenvalue weighted by atomic mass is 35.5. The van der Waals surface area contributed by atoms with E-state index in [0.29, 0.717) is 15.9 Å². The van der Waals surface area contributed by atoms with Crippen LogP contribution >= 0.6 is 23.8 Å². The van der Waals surface area contributed by atoms with E-state index in [-0.39, 0.29) is 12.1 Å². The Morgan fingerprint density at radius 2 is 1.78 bits per heavy atom. The Hall–Kier alpha value is -3.35. The summed E-state index contributed by atoms with van der Waals surface area (Å²) in [6.07, 6.45) is 2.84. The standard InChI is InChI=1S/C29H29ClN4OS/c1-5-20-9-11-21(12-10-20)33-18(2)16-23(19(33)3)28-27(25-8-6-7-15-31-25)32-29(36)34(28)22-13-14-26(35-4)24(30)17-22/h6-17,27-28H,5H2,1-4H3,(H,32,36)/t27-,28-/m0/s1. The lowest BCUT2D eigenvalue weighted by Gasteiger charge is -2.28. The average molecular weight is 517 g/mol. The maximum Gasteiger partial charge on any atom is 0.174 e. The highest BCUT2D eigenvalue weighted by Crippen LogP contribution is 2.44. The van der Waals surface area contributed by atoms with Crippen molar-refractivity contribution in [2.45, 2.75) is 39.3 Å². The number of nitrogens with one attached hydrogen (secondary N) is 1. The van der Waals surface area contributed by atoms with Gasteiger partial charge in [-0.3, -0.25) is 4.98 Å². The number of aromatic nitrogens is 2. The van der Waals surface area contributed by atoms with Crippen LogP contribution in [0.5, 0.6) is 5.75 Å². The summed E-state index contributed by atoms with van der Waals surface area (Å²) in [6, 6.07) is 22.6. The molecule has 3 heterocycles. The third kappa shape index (κ3) is 4.25. The van der Waals surface area contributed by atoms with Gasteiger partial charge >= 0.3 is 0 Å². The number of methoxy groups -OCH3 is 1. The van der Waals surface area contributed by atoms with Crippen LogP contribution in [0.2, 0.25) is 5.02 Å². The number of ether oxygens (including phenoxy) is 1. The van der Waals surface area contributed by atoms with Crippen LogP contribution in [0.25, 0.3) is 5.69 Å². The van der Waals surface area contributed by atoms with Crippen molar-refractivity contribution in [2.24, 2.45) is 0 Å². The van der Waals surface area contributed by atoms with Crippen LogP contribution < -0.4 is 15.0 Å². The Balaban J connectivity index is 1.66. The Morgan fingerprint density at radius 3 is 2.42 bits per heavy atom. The first-order valence-electron chi connectivity index (χ1n) is 12.0. The third-order valence-corrected chi connectivity index (χ3v) is 7.51. The lowest BCUT2D eigenvalue weighted by molar-refractivity contribution is 0.415. The van der Waals surface area contributed by atoms with Gasteiger partial charge in [-0.2, -0.15) is 0 Å². The van der Waals surface area contributed by atoms with Gasteiger partial charge in [0, 0.05) is 29.0 Å². The number of hydrogen-bond acceptors (Lipinski definition) is 3. The molecular weight excluding hydrogens is 488 g/mol. The molecule has 1 aliphatic rings. The van der Waals surface area contributed by atoms with Gasteiger partial charge in [0.2, 0.25) is 0 Å². The molecule has 1 N–H and O–H groups in total. The molecule has 4 aromatic rings. The summed E-state index contributed by atoms with van der Waals surface area (Å²) in [6.45, 7) is 6.49. The van der Waals surface area contributed by atoms with Gasteiger partial charge in [0.15, 0.2) is 5.11 Å². The number of rotatable bonds is 6. The van der Waals surface area contributed by atoms with Gasteiger partial charge in [-0.15, -0.1) is 0 Å². The van der Waals surface area contributed by atoms with E-state index in [1.807, 2.05) is 42.6 Å². The highest BCUT2D eigenvalue weighted by Gasteiger charge is 2.42. The van der Waals surface area contributed by atoms with Crippen molar-refractivity contribution < 1.29 is 4.74 Å². The Kier molecular flexibility index (Phi) is 6.73. The van der Waals surface area contributed by atoms with Crippen molar-refractivity contribution in [3.8, 4) is 11.4 Å². The molecule has 5 nitrogen and oxygen atoms in total. The molecule has 0 bridgehead atoms. The number of thiocarbonyl (C=S) groups is 1. The Labute approximate surface area is 222 Å². The van der Waals surface area contributed by atoms with Gasteiger partial charge in [0.1, 0.15) is 5.75 Å². The molecule has 2 aromatic carbocycles. The number of benzene rings is 2. The minimum absolute atomic E-state index is 0.119. The van der Waals surface area contributed by atoms with Gasteiger partial charge < -0.3 is 19.5 Å². The van der Waals surface area contributed by atoms with Crippen LogP contribution in [-0.4, -0.2) is 21.8 Å². The van der Waals surface area contributed by atoms with Gasteiger partial charge in [-0.1, -0.05) is 36.7 Å². The minimum atomic E-state index is -0.129. The Bertz CT molecular complexity index is 1400. The number of pyridine rings is 1. The van der Waals surface area contributed by atoms with E-state index in [1.54, 1.807) is 7.11 Å². The molecule has 7 heteroatoms. The molecule has 0 spiro atoms. The molecule has 0 saturated carbocycles. The van der Waals surface area contributed by atoms with Crippen LogP contribution in [-0.2, 0) is 6.42 Å². The van der Waals surface area contributed by atoms with Crippen molar-refractivity contribution in [1.29, 1.82) is 0 Å². The number of nitrogens with zero attached hydrogens (tertiary/aromatic N) is 3. The summed E-state index contributed by atoms with van der Waals surface area (Å²) in [7, 11) is 1.62. The third-order valence-electron chi connectivity index (χ3n) is 6.90. The fraction of sp³-hybridized carbons (Fsp3) is 0.241. The molecule has 1 saturated heterocycles. The smallest absolute Gasteiger partial charge is 0.174 e. The predicted octanol–water partition coefficient (Wildman–Crippen LogP) is 6.89. The van der Waals surface area contributed by atoms with Gasteiger partial charge in [0.25, 0.3) is 0 Å². The first kappa shape index (κ1) is 24.3. The molecule has 184 valence electrons. The monoisotopic (exact) mass is 516 g/mol. The molecule has 0 unspecified atom stereocenters. The van der Waals surface area contributed by atoms with E-state index < -0.39 is 0 Å². The van der Waals surface area contributed by atoms with Gasteiger partial charge in [-0.05, 0) is 92.1 Å².